The summed E-state index contributed by atoms with van der Waals surface area (Å²) in [6, 6.07) is 13.9. The van der Waals surface area contributed by atoms with E-state index in [1.807, 2.05) is 18.2 Å². The van der Waals surface area contributed by atoms with Crippen molar-refractivity contribution in [3.63, 3.8) is 0 Å². The number of nitrogens with one attached hydrogen (secondary N) is 1. The molecule has 0 atom stereocenters. The quantitative estimate of drug-likeness (QED) is 0.293. The maximum atomic E-state index is 12.7. The molecule has 0 spiro atoms. The van der Waals surface area contributed by atoms with Crippen molar-refractivity contribution in [3.05, 3.63) is 80.7 Å². The van der Waals surface area contributed by atoms with Crippen molar-refractivity contribution in [3.8, 4) is 5.75 Å². The SMILES string of the molecule is COC(=O)c1c(NC(=O)COC(=O)c2ccccc2OCc2ccccc2Cl)sc2c1CCCCC2. The lowest BCUT2D eigenvalue weighted by Crippen LogP contribution is -2.22. The van der Waals surface area contributed by atoms with Gasteiger partial charge in [0.1, 0.15) is 22.9 Å². The van der Waals surface area contributed by atoms with Crippen molar-refractivity contribution in [2.45, 2.75) is 38.7 Å². The highest BCUT2D eigenvalue weighted by Crippen LogP contribution is 2.38. The van der Waals surface area contributed by atoms with E-state index in [0.717, 1.165) is 48.1 Å². The van der Waals surface area contributed by atoms with E-state index in [1.54, 1.807) is 30.3 Å². The topological polar surface area (TPSA) is 90.9 Å². The van der Waals surface area contributed by atoms with Crippen molar-refractivity contribution in [1.29, 1.82) is 0 Å². The van der Waals surface area contributed by atoms with Crippen LogP contribution >= 0.6 is 22.9 Å². The number of thiophene rings is 1. The van der Waals surface area contributed by atoms with Crippen LogP contribution in [0, 0.1) is 0 Å². The van der Waals surface area contributed by atoms with Crippen LogP contribution in [0.3, 0.4) is 0 Å². The molecule has 0 bridgehead atoms. The van der Waals surface area contributed by atoms with Gasteiger partial charge in [0, 0.05) is 15.5 Å². The second-order valence-corrected chi connectivity index (χ2v) is 9.77. The third kappa shape index (κ3) is 6.06. The van der Waals surface area contributed by atoms with E-state index >= 15 is 0 Å². The van der Waals surface area contributed by atoms with Crippen LogP contribution in [0.5, 0.6) is 5.75 Å². The molecule has 4 rings (SSSR count). The number of anilines is 1. The molecule has 0 fully saturated rings. The zero-order valence-electron chi connectivity index (χ0n) is 19.8. The van der Waals surface area contributed by atoms with Crippen LogP contribution in [-0.2, 0) is 33.7 Å². The number of hydrogen-bond acceptors (Lipinski definition) is 7. The first-order chi connectivity index (χ1) is 17.5. The van der Waals surface area contributed by atoms with Crippen LogP contribution in [0.4, 0.5) is 5.00 Å². The monoisotopic (exact) mass is 527 g/mol. The summed E-state index contributed by atoms with van der Waals surface area (Å²) in [4.78, 5) is 38.9. The second-order valence-electron chi connectivity index (χ2n) is 8.26. The number of para-hydroxylation sites is 1. The summed E-state index contributed by atoms with van der Waals surface area (Å²) in [5.74, 6) is -1.40. The Labute approximate surface area is 218 Å². The van der Waals surface area contributed by atoms with E-state index in [9.17, 15) is 14.4 Å². The fraction of sp³-hybridized carbons (Fsp3) is 0.296. The molecule has 1 heterocycles. The molecule has 1 N–H and O–H groups in total. The number of amides is 1. The van der Waals surface area contributed by atoms with Crippen molar-refractivity contribution in [2.75, 3.05) is 19.0 Å². The first kappa shape index (κ1) is 25.7. The molecule has 0 unspecified atom stereocenters. The summed E-state index contributed by atoms with van der Waals surface area (Å²) in [6.45, 7) is -0.343. The molecule has 2 aromatic carbocycles. The van der Waals surface area contributed by atoms with Gasteiger partial charge in [-0.05, 0) is 49.4 Å². The number of ether oxygens (including phenoxy) is 3. The summed E-state index contributed by atoms with van der Waals surface area (Å²) in [5, 5.41) is 3.72. The van der Waals surface area contributed by atoms with E-state index in [4.69, 9.17) is 25.8 Å². The number of benzene rings is 2. The van der Waals surface area contributed by atoms with Gasteiger partial charge in [-0.2, -0.15) is 0 Å². The molecule has 1 aromatic heterocycles. The predicted molar refractivity (Wildman–Crippen MR) is 138 cm³/mol. The Hall–Kier alpha value is -3.36. The van der Waals surface area contributed by atoms with Gasteiger partial charge in [0.2, 0.25) is 0 Å². The Morgan fingerprint density at radius 1 is 0.972 bits per heavy atom. The van der Waals surface area contributed by atoms with Gasteiger partial charge >= 0.3 is 11.9 Å². The van der Waals surface area contributed by atoms with Gasteiger partial charge in [-0.1, -0.05) is 48.4 Å². The zero-order chi connectivity index (χ0) is 25.5. The van der Waals surface area contributed by atoms with E-state index in [0.29, 0.717) is 21.3 Å². The molecule has 1 aliphatic rings. The molecule has 1 amide bonds. The summed E-state index contributed by atoms with van der Waals surface area (Å²) in [6.07, 6.45) is 4.75. The van der Waals surface area contributed by atoms with Crippen molar-refractivity contribution < 1.29 is 28.6 Å². The lowest BCUT2D eigenvalue weighted by molar-refractivity contribution is -0.119. The molecule has 7 nitrogen and oxygen atoms in total. The van der Waals surface area contributed by atoms with E-state index in [-0.39, 0.29) is 12.2 Å². The molecule has 0 aliphatic heterocycles. The molecule has 0 saturated heterocycles. The Morgan fingerprint density at radius 3 is 2.53 bits per heavy atom. The molecule has 3 aromatic rings. The Kier molecular flexibility index (Phi) is 8.61. The minimum absolute atomic E-state index is 0.170. The highest BCUT2D eigenvalue weighted by Gasteiger charge is 2.26. The smallest absolute Gasteiger partial charge is 0.342 e. The fourth-order valence-corrected chi connectivity index (χ4v) is 5.54. The summed E-state index contributed by atoms with van der Waals surface area (Å²) in [7, 11) is 1.32. The fourth-order valence-electron chi connectivity index (χ4n) is 4.05. The first-order valence-corrected chi connectivity index (χ1v) is 12.8. The Bertz CT molecular complexity index is 1270. The third-order valence-corrected chi connectivity index (χ3v) is 7.42. The summed E-state index contributed by atoms with van der Waals surface area (Å²) in [5.41, 5.74) is 2.31. The van der Waals surface area contributed by atoms with Crippen LogP contribution in [-0.4, -0.2) is 31.6 Å². The maximum absolute atomic E-state index is 12.7. The van der Waals surface area contributed by atoms with E-state index in [1.165, 1.54) is 18.4 Å². The molecule has 0 saturated carbocycles. The number of methoxy groups -OCH3 is 1. The van der Waals surface area contributed by atoms with Crippen LogP contribution < -0.4 is 10.1 Å². The largest absolute Gasteiger partial charge is 0.488 e. The van der Waals surface area contributed by atoms with Crippen LogP contribution in [0.25, 0.3) is 0 Å². The molecular weight excluding hydrogens is 502 g/mol. The lowest BCUT2D eigenvalue weighted by Gasteiger charge is -2.12. The lowest BCUT2D eigenvalue weighted by atomic mass is 10.1. The molecule has 188 valence electrons. The third-order valence-electron chi connectivity index (χ3n) is 5.85. The predicted octanol–water partition coefficient (Wildman–Crippen LogP) is 5.83. The van der Waals surface area contributed by atoms with Gasteiger partial charge in [-0.25, -0.2) is 9.59 Å². The highest BCUT2D eigenvalue weighted by atomic mass is 35.5. The Morgan fingerprint density at radius 2 is 1.72 bits per heavy atom. The number of halogens is 1. The maximum Gasteiger partial charge on any atom is 0.342 e. The molecule has 1 aliphatic carbocycles. The number of aryl methyl sites for hydroxylation is 1. The van der Waals surface area contributed by atoms with Crippen LogP contribution in [0.15, 0.2) is 48.5 Å². The average molecular weight is 528 g/mol. The standard InChI is InChI=1S/C27H26ClNO6S/c1-33-27(32)24-19-11-3-2-4-14-22(19)36-25(24)29-23(30)16-35-26(31)18-10-6-8-13-21(18)34-15-17-9-5-7-12-20(17)28/h5-10,12-13H,2-4,11,14-16H2,1H3,(H,29,30). The van der Waals surface area contributed by atoms with Gasteiger partial charge in [-0.15, -0.1) is 11.3 Å². The number of esters is 2. The number of fused-ring (bicyclic) bond motifs is 1. The number of rotatable bonds is 8. The van der Waals surface area contributed by atoms with Gasteiger partial charge in [0.05, 0.1) is 12.7 Å². The van der Waals surface area contributed by atoms with Gasteiger partial charge < -0.3 is 19.5 Å². The van der Waals surface area contributed by atoms with Crippen LogP contribution in [0.1, 0.15) is 56.0 Å². The minimum atomic E-state index is -0.699. The number of carbonyl (C=O) groups is 3. The van der Waals surface area contributed by atoms with Crippen molar-refractivity contribution in [1.82, 2.24) is 0 Å². The van der Waals surface area contributed by atoms with Crippen molar-refractivity contribution in [2.24, 2.45) is 0 Å². The normalized spacial score (nSPS) is 12.7. The highest BCUT2D eigenvalue weighted by molar-refractivity contribution is 7.17. The zero-order valence-corrected chi connectivity index (χ0v) is 21.4. The summed E-state index contributed by atoms with van der Waals surface area (Å²) >= 11 is 7.56. The van der Waals surface area contributed by atoms with E-state index in [2.05, 4.69) is 5.32 Å². The summed E-state index contributed by atoms with van der Waals surface area (Å²) < 4.78 is 16.0. The molecular formula is C27H26ClNO6S. The number of hydrogen-bond donors (Lipinski definition) is 1. The van der Waals surface area contributed by atoms with E-state index < -0.39 is 24.5 Å². The average Bonchev–Trinajstić information content (AvgIpc) is 3.06. The molecule has 9 heteroatoms. The first-order valence-electron chi connectivity index (χ1n) is 11.6. The molecule has 0 radical (unpaired) electrons. The van der Waals surface area contributed by atoms with Crippen molar-refractivity contribution >= 4 is 45.8 Å². The number of carbonyl (C=O) groups excluding carboxylic acids is 3. The Balaban J connectivity index is 1.41. The van der Waals surface area contributed by atoms with Crippen LogP contribution in [0.2, 0.25) is 5.02 Å². The van der Waals surface area contributed by atoms with Gasteiger partial charge in [0.15, 0.2) is 6.61 Å². The minimum Gasteiger partial charge on any atom is -0.488 e. The molecule has 36 heavy (non-hydrogen) atoms. The van der Waals surface area contributed by atoms with Gasteiger partial charge in [0.25, 0.3) is 5.91 Å². The van der Waals surface area contributed by atoms with Gasteiger partial charge in [-0.3, -0.25) is 4.79 Å². The second kappa shape index (κ2) is 12.1.